The quantitative estimate of drug-likeness (QED) is 0.734. The van der Waals surface area contributed by atoms with E-state index in [-0.39, 0.29) is 5.91 Å². The smallest absolute Gasteiger partial charge is 0.266 e. The molecule has 0 saturated carbocycles. The van der Waals surface area contributed by atoms with Gasteiger partial charge >= 0.3 is 0 Å². The average molecular weight is 397 g/mol. The average Bonchev–Trinajstić information content (AvgIpc) is 3.04. The molecule has 2 aromatic heterocycles. The van der Waals surface area contributed by atoms with Gasteiger partial charge in [0.25, 0.3) is 5.91 Å². The molecule has 3 heterocycles. The predicted octanol–water partition coefficient (Wildman–Crippen LogP) is 3.47. The molecule has 1 aliphatic rings. The number of carbonyl (C=O) groups excluding carboxylic acids is 1. The van der Waals surface area contributed by atoms with Crippen molar-refractivity contribution < 1.29 is 9.53 Å². The summed E-state index contributed by atoms with van der Waals surface area (Å²) in [6.45, 7) is 6.90. The van der Waals surface area contributed by atoms with Gasteiger partial charge in [-0.1, -0.05) is 0 Å². The maximum Gasteiger partial charge on any atom is 0.266 e. The molecule has 3 aromatic rings. The molecular weight excluding hydrogens is 372 g/mol. The third-order valence-corrected chi connectivity index (χ3v) is 6.31. The number of nitrogens with two attached hydrogens (primary N) is 1. The minimum absolute atomic E-state index is 0.00642. The summed E-state index contributed by atoms with van der Waals surface area (Å²) in [5.41, 5.74) is 10.1. The number of rotatable bonds is 3. The molecule has 4 rings (SSSR count). The van der Waals surface area contributed by atoms with E-state index >= 15 is 0 Å². The molecule has 0 aliphatic carbocycles. The van der Waals surface area contributed by atoms with E-state index in [1.165, 1.54) is 11.3 Å². The number of aromatic nitrogens is 1. The van der Waals surface area contributed by atoms with Crippen molar-refractivity contribution in [2.24, 2.45) is 0 Å². The molecule has 1 aromatic carbocycles. The summed E-state index contributed by atoms with van der Waals surface area (Å²) in [6, 6.07) is 10.0. The molecule has 28 heavy (non-hydrogen) atoms. The van der Waals surface area contributed by atoms with Crippen LogP contribution in [0.25, 0.3) is 10.2 Å². The van der Waals surface area contributed by atoms with E-state index in [9.17, 15) is 4.79 Å². The standard InChI is InChI=1S/C21H24N4O2S/c1-13-12-14(2)23-20-17(13)18(22)19(28-20)21(26)25-10-8-24(9-11-25)15-4-6-16(27-3)7-5-15/h4-7,12H,8-11,22H2,1-3H3. The van der Waals surface area contributed by atoms with Crippen molar-refractivity contribution in [2.45, 2.75) is 13.8 Å². The van der Waals surface area contributed by atoms with E-state index in [0.29, 0.717) is 23.7 Å². The minimum Gasteiger partial charge on any atom is -0.497 e. The lowest BCUT2D eigenvalue weighted by atomic mass is 10.1. The number of thiophene rings is 1. The lowest BCUT2D eigenvalue weighted by Crippen LogP contribution is -2.48. The predicted molar refractivity (Wildman–Crippen MR) is 115 cm³/mol. The second-order valence-corrected chi connectivity index (χ2v) is 8.08. The summed E-state index contributed by atoms with van der Waals surface area (Å²) in [5.74, 6) is 0.851. The zero-order valence-electron chi connectivity index (χ0n) is 16.4. The summed E-state index contributed by atoms with van der Waals surface area (Å²) < 4.78 is 5.22. The number of pyridine rings is 1. The largest absolute Gasteiger partial charge is 0.497 e. The van der Waals surface area contributed by atoms with Crippen molar-refractivity contribution in [3.8, 4) is 5.75 Å². The second-order valence-electron chi connectivity index (χ2n) is 7.08. The molecule has 0 bridgehead atoms. The molecule has 0 radical (unpaired) electrons. The van der Waals surface area contributed by atoms with Crippen LogP contribution in [0, 0.1) is 13.8 Å². The summed E-state index contributed by atoms with van der Waals surface area (Å²) in [4.78, 5) is 23.3. The van der Waals surface area contributed by atoms with Crippen LogP contribution in [0.15, 0.2) is 30.3 Å². The number of hydrogen-bond donors (Lipinski definition) is 1. The third-order valence-electron chi connectivity index (χ3n) is 5.22. The van der Waals surface area contributed by atoms with Gasteiger partial charge in [-0.25, -0.2) is 4.98 Å². The van der Waals surface area contributed by atoms with Crippen LogP contribution in [0.4, 0.5) is 11.4 Å². The maximum absolute atomic E-state index is 13.1. The van der Waals surface area contributed by atoms with E-state index < -0.39 is 0 Å². The topological polar surface area (TPSA) is 71.7 Å². The van der Waals surface area contributed by atoms with E-state index in [2.05, 4.69) is 22.0 Å². The van der Waals surface area contributed by atoms with Crippen molar-refractivity contribution >= 4 is 38.8 Å². The first-order chi connectivity index (χ1) is 13.5. The fourth-order valence-electron chi connectivity index (χ4n) is 3.73. The number of carbonyl (C=O) groups is 1. The summed E-state index contributed by atoms with van der Waals surface area (Å²) in [5, 5.41) is 0.913. The highest BCUT2D eigenvalue weighted by molar-refractivity contribution is 7.21. The van der Waals surface area contributed by atoms with Gasteiger partial charge in [-0.2, -0.15) is 0 Å². The van der Waals surface area contributed by atoms with Gasteiger partial charge < -0.3 is 20.3 Å². The molecule has 0 unspecified atom stereocenters. The van der Waals surface area contributed by atoms with Crippen LogP contribution < -0.4 is 15.4 Å². The molecule has 6 nitrogen and oxygen atoms in total. The van der Waals surface area contributed by atoms with Gasteiger partial charge in [0.15, 0.2) is 0 Å². The number of aryl methyl sites for hydroxylation is 2. The van der Waals surface area contributed by atoms with Crippen LogP contribution in [0.1, 0.15) is 20.9 Å². The molecule has 0 spiro atoms. The Kier molecular flexibility index (Phi) is 4.85. The van der Waals surface area contributed by atoms with E-state index in [0.717, 1.165) is 46.0 Å². The molecule has 1 fully saturated rings. The van der Waals surface area contributed by atoms with Crippen molar-refractivity contribution in [3.05, 3.63) is 46.5 Å². The Balaban J connectivity index is 1.50. The van der Waals surface area contributed by atoms with Gasteiger partial charge in [-0.15, -0.1) is 11.3 Å². The summed E-state index contributed by atoms with van der Waals surface area (Å²) in [7, 11) is 1.66. The SMILES string of the molecule is COc1ccc(N2CCN(C(=O)c3sc4nc(C)cc(C)c4c3N)CC2)cc1. The summed E-state index contributed by atoms with van der Waals surface area (Å²) in [6.07, 6.45) is 0. The fraction of sp³-hybridized carbons (Fsp3) is 0.333. The molecule has 0 atom stereocenters. The molecule has 146 valence electrons. The molecule has 1 saturated heterocycles. The normalized spacial score (nSPS) is 14.5. The molecule has 2 N–H and O–H groups in total. The molecule has 1 amide bonds. The first-order valence-electron chi connectivity index (χ1n) is 9.32. The maximum atomic E-state index is 13.1. The Hall–Kier alpha value is -2.80. The second kappa shape index (κ2) is 7.31. The summed E-state index contributed by atoms with van der Waals surface area (Å²) >= 11 is 1.40. The number of nitrogen functional groups attached to an aromatic ring is 1. The van der Waals surface area contributed by atoms with Crippen LogP contribution in [0.5, 0.6) is 5.75 Å². The van der Waals surface area contributed by atoms with E-state index in [4.69, 9.17) is 10.5 Å². The number of piperazine rings is 1. The zero-order valence-corrected chi connectivity index (χ0v) is 17.2. The number of methoxy groups -OCH3 is 1. The van der Waals surface area contributed by atoms with Crippen LogP contribution in [0.3, 0.4) is 0 Å². The monoisotopic (exact) mass is 396 g/mol. The number of amides is 1. The highest BCUT2D eigenvalue weighted by Crippen LogP contribution is 2.36. The van der Waals surface area contributed by atoms with Crippen LogP contribution in [0.2, 0.25) is 0 Å². The highest BCUT2D eigenvalue weighted by atomic mass is 32.1. The Labute approximate surface area is 168 Å². The van der Waals surface area contributed by atoms with Gasteiger partial charge in [0.1, 0.15) is 15.5 Å². The van der Waals surface area contributed by atoms with Crippen molar-refractivity contribution in [1.29, 1.82) is 0 Å². The highest BCUT2D eigenvalue weighted by Gasteiger charge is 2.26. The molecular formula is C21H24N4O2S. The van der Waals surface area contributed by atoms with Crippen molar-refractivity contribution in [2.75, 3.05) is 43.9 Å². The van der Waals surface area contributed by atoms with E-state index in [1.54, 1.807) is 7.11 Å². The first-order valence-corrected chi connectivity index (χ1v) is 10.1. The van der Waals surface area contributed by atoms with Gasteiger partial charge in [0, 0.05) is 42.9 Å². The van der Waals surface area contributed by atoms with E-state index in [1.807, 2.05) is 36.9 Å². The Morgan fingerprint density at radius 2 is 1.82 bits per heavy atom. The third kappa shape index (κ3) is 3.26. The van der Waals surface area contributed by atoms with Crippen molar-refractivity contribution in [3.63, 3.8) is 0 Å². The van der Waals surface area contributed by atoms with Crippen LogP contribution in [-0.4, -0.2) is 49.1 Å². The lowest BCUT2D eigenvalue weighted by molar-refractivity contribution is 0.0752. The lowest BCUT2D eigenvalue weighted by Gasteiger charge is -2.36. The van der Waals surface area contributed by atoms with Gasteiger partial charge in [-0.3, -0.25) is 4.79 Å². The Bertz CT molecular complexity index is 1020. The van der Waals surface area contributed by atoms with Gasteiger partial charge in [-0.05, 0) is 49.7 Å². The number of ether oxygens (including phenoxy) is 1. The van der Waals surface area contributed by atoms with Crippen LogP contribution >= 0.6 is 11.3 Å². The van der Waals surface area contributed by atoms with Crippen LogP contribution in [-0.2, 0) is 0 Å². The molecule has 1 aliphatic heterocycles. The minimum atomic E-state index is 0.00642. The van der Waals surface area contributed by atoms with Crippen molar-refractivity contribution in [1.82, 2.24) is 9.88 Å². The Morgan fingerprint density at radius 1 is 1.14 bits per heavy atom. The number of fused-ring (bicyclic) bond motifs is 1. The fourth-order valence-corrected chi connectivity index (χ4v) is 4.92. The number of benzene rings is 1. The first kappa shape index (κ1) is 18.6. The zero-order chi connectivity index (χ0) is 19.8. The molecule has 7 heteroatoms. The van der Waals surface area contributed by atoms with Gasteiger partial charge in [0.05, 0.1) is 12.8 Å². The number of anilines is 2. The van der Waals surface area contributed by atoms with Gasteiger partial charge in [0.2, 0.25) is 0 Å². The number of nitrogens with zero attached hydrogens (tertiary/aromatic N) is 3. The number of hydrogen-bond acceptors (Lipinski definition) is 6. The Morgan fingerprint density at radius 3 is 2.46 bits per heavy atom.